The fourth-order valence-electron chi connectivity index (χ4n) is 2.92. The fraction of sp³-hybridized carbons (Fsp3) is 0.467. The molecule has 21 heavy (non-hydrogen) atoms. The smallest absolute Gasteiger partial charge is 0.228 e. The number of halogens is 1. The number of carbonyl (C=O) groups excluding carboxylic acids is 2. The molecular formula is C15H18ClN3O2. The van der Waals surface area contributed by atoms with Crippen LogP contribution in [-0.2, 0) is 16.0 Å². The van der Waals surface area contributed by atoms with Crippen LogP contribution in [0.4, 0.5) is 11.4 Å². The Balaban J connectivity index is 1.68. The van der Waals surface area contributed by atoms with Crippen LogP contribution >= 0.6 is 11.6 Å². The Kier molecular flexibility index (Phi) is 3.76. The van der Waals surface area contributed by atoms with Gasteiger partial charge in [-0.15, -0.1) is 0 Å². The maximum atomic E-state index is 11.4. The summed E-state index contributed by atoms with van der Waals surface area (Å²) in [5, 5.41) is 6.85. The summed E-state index contributed by atoms with van der Waals surface area (Å²) in [6, 6.07) is 4.06. The second-order valence-electron chi connectivity index (χ2n) is 5.64. The van der Waals surface area contributed by atoms with Crippen LogP contribution < -0.4 is 10.6 Å². The van der Waals surface area contributed by atoms with Gasteiger partial charge in [-0.25, -0.2) is 0 Å². The molecule has 3 rings (SSSR count). The fourth-order valence-corrected chi connectivity index (χ4v) is 3.14. The topological polar surface area (TPSA) is 61.4 Å². The number of fused-ring (bicyclic) bond motifs is 1. The predicted octanol–water partition coefficient (Wildman–Crippen LogP) is 2.26. The number of rotatable bonds is 2. The van der Waals surface area contributed by atoms with Crippen LogP contribution in [0.1, 0.15) is 25.3 Å². The maximum absolute atomic E-state index is 11.4. The maximum Gasteiger partial charge on any atom is 0.228 e. The van der Waals surface area contributed by atoms with Gasteiger partial charge in [0.1, 0.15) is 0 Å². The van der Waals surface area contributed by atoms with Crippen molar-refractivity contribution < 1.29 is 9.59 Å². The van der Waals surface area contributed by atoms with Gasteiger partial charge in [-0.3, -0.25) is 9.59 Å². The molecule has 0 radical (unpaired) electrons. The minimum atomic E-state index is 0.00739. The Morgan fingerprint density at radius 3 is 2.76 bits per heavy atom. The number of amides is 2. The van der Waals surface area contributed by atoms with Crippen molar-refractivity contribution in [3.8, 4) is 0 Å². The summed E-state index contributed by atoms with van der Waals surface area (Å²) in [4.78, 5) is 24.6. The highest BCUT2D eigenvalue weighted by Gasteiger charge is 2.23. The van der Waals surface area contributed by atoms with Gasteiger partial charge in [0.25, 0.3) is 0 Å². The molecule has 0 atom stereocenters. The second kappa shape index (κ2) is 5.56. The van der Waals surface area contributed by atoms with E-state index in [1.54, 1.807) is 13.0 Å². The average Bonchev–Trinajstić information content (AvgIpc) is 2.79. The van der Waals surface area contributed by atoms with Crippen molar-refractivity contribution in [1.82, 2.24) is 4.90 Å². The Morgan fingerprint density at radius 2 is 2.10 bits per heavy atom. The van der Waals surface area contributed by atoms with Gasteiger partial charge in [-0.1, -0.05) is 11.6 Å². The SMILES string of the molecule is CC(=O)N1CCC(Nc2cc3c(cc2Cl)NC(=O)C3)CC1. The van der Waals surface area contributed by atoms with Crippen molar-refractivity contribution in [3.05, 3.63) is 22.7 Å². The molecule has 0 aromatic heterocycles. The highest BCUT2D eigenvalue weighted by atomic mass is 35.5. The summed E-state index contributed by atoms with van der Waals surface area (Å²) in [7, 11) is 0. The molecule has 0 unspecified atom stereocenters. The van der Waals surface area contributed by atoms with Gasteiger partial charge in [-0.05, 0) is 30.5 Å². The van der Waals surface area contributed by atoms with Crippen molar-refractivity contribution >= 4 is 34.8 Å². The number of hydrogen-bond acceptors (Lipinski definition) is 3. The third kappa shape index (κ3) is 2.97. The van der Waals surface area contributed by atoms with Crippen molar-refractivity contribution in [2.75, 3.05) is 23.7 Å². The van der Waals surface area contributed by atoms with Gasteiger partial charge >= 0.3 is 0 Å². The summed E-state index contributed by atoms with van der Waals surface area (Å²) in [5.41, 5.74) is 2.66. The lowest BCUT2D eigenvalue weighted by Crippen LogP contribution is -2.41. The molecule has 1 saturated heterocycles. The van der Waals surface area contributed by atoms with E-state index in [2.05, 4.69) is 10.6 Å². The number of carbonyl (C=O) groups is 2. The Morgan fingerprint density at radius 1 is 1.38 bits per heavy atom. The molecule has 2 aliphatic heterocycles. The first-order valence-corrected chi connectivity index (χ1v) is 7.55. The van der Waals surface area contributed by atoms with Crippen molar-refractivity contribution in [2.45, 2.75) is 32.2 Å². The number of anilines is 2. The molecule has 2 aliphatic rings. The lowest BCUT2D eigenvalue weighted by Gasteiger charge is -2.32. The Labute approximate surface area is 128 Å². The zero-order valence-corrected chi connectivity index (χ0v) is 12.7. The van der Waals surface area contributed by atoms with Crippen LogP contribution in [0.25, 0.3) is 0 Å². The van der Waals surface area contributed by atoms with Gasteiger partial charge in [0.05, 0.1) is 17.1 Å². The van der Waals surface area contributed by atoms with E-state index in [-0.39, 0.29) is 11.8 Å². The summed E-state index contributed by atoms with van der Waals surface area (Å²) in [6.45, 7) is 3.15. The summed E-state index contributed by atoms with van der Waals surface area (Å²) in [6.07, 6.45) is 2.22. The molecular weight excluding hydrogens is 290 g/mol. The molecule has 1 aromatic rings. The molecule has 6 heteroatoms. The quantitative estimate of drug-likeness (QED) is 0.881. The number of nitrogens with one attached hydrogen (secondary N) is 2. The van der Waals surface area contributed by atoms with Gasteiger partial charge in [-0.2, -0.15) is 0 Å². The predicted molar refractivity (Wildman–Crippen MR) is 82.7 cm³/mol. The van der Waals surface area contributed by atoms with E-state index >= 15 is 0 Å². The highest BCUT2D eigenvalue weighted by molar-refractivity contribution is 6.33. The molecule has 0 aliphatic carbocycles. The van der Waals surface area contributed by atoms with E-state index in [4.69, 9.17) is 11.6 Å². The number of benzene rings is 1. The first-order chi connectivity index (χ1) is 10.0. The molecule has 112 valence electrons. The monoisotopic (exact) mass is 307 g/mol. The summed E-state index contributed by atoms with van der Waals surface area (Å²) in [5.74, 6) is 0.140. The normalized spacial score (nSPS) is 18.4. The summed E-state index contributed by atoms with van der Waals surface area (Å²) < 4.78 is 0. The number of hydrogen-bond donors (Lipinski definition) is 2. The van der Waals surface area contributed by atoms with Crippen LogP contribution in [0, 0.1) is 0 Å². The molecule has 5 nitrogen and oxygen atoms in total. The third-order valence-corrected chi connectivity index (χ3v) is 4.43. The van der Waals surface area contributed by atoms with E-state index < -0.39 is 0 Å². The van der Waals surface area contributed by atoms with Gasteiger partial charge in [0.2, 0.25) is 11.8 Å². The number of likely N-dealkylation sites (tertiary alicyclic amines) is 1. The first kappa shape index (κ1) is 14.2. The molecule has 0 spiro atoms. The lowest BCUT2D eigenvalue weighted by atomic mass is 10.0. The largest absolute Gasteiger partial charge is 0.381 e. The Hall–Kier alpha value is -1.75. The molecule has 0 saturated carbocycles. The molecule has 0 bridgehead atoms. The van der Waals surface area contributed by atoms with Gasteiger partial charge < -0.3 is 15.5 Å². The first-order valence-electron chi connectivity index (χ1n) is 7.17. The van der Waals surface area contributed by atoms with E-state index in [1.165, 1.54) is 0 Å². The lowest BCUT2D eigenvalue weighted by molar-refractivity contribution is -0.129. The molecule has 1 aromatic carbocycles. The number of piperidine rings is 1. The zero-order valence-electron chi connectivity index (χ0n) is 11.9. The van der Waals surface area contributed by atoms with E-state index in [0.29, 0.717) is 17.5 Å². The molecule has 2 amide bonds. The Bertz CT molecular complexity index is 595. The third-order valence-electron chi connectivity index (χ3n) is 4.12. The van der Waals surface area contributed by atoms with Crippen LogP contribution in [0.15, 0.2) is 12.1 Å². The van der Waals surface area contributed by atoms with Crippen molar-refractivity contribution in [2.24, 2.45) is 0 Å². The molecule has 1 fully saturated rings. The van der Waals surface area contributed by atoms with Crippen LogP contribution in [0.5, 0.6) is 0 Å². The minimum absolute atomic E-state index is 0.00739. The standard InChI is InChI=1S/C15H18ClN3O2/c1-9(20)19-4-2-11(3-5-19)17-14-6-10-7-15(21)18-13(10)8-12(14)16/h6,8,11,17H,2-5,7H2,1H3,(H,18,21). The van der Waals surface area contributed by atoms with Gasteiger partial charge in [0.15, 0.2) is 0 Å². The van der Waals surface area contributed by atoms with Crippen LogP contribution in [-0.4, -0.2) is 35.8 Å². The highest BCUT2D eigenvalue weighted by Crippen LogP contribution is 2.33. The molecule has 2 heterocycles. The second-order valence-corrected chi connectivity index (χ2v) is 6.05. The van der Waals surface area contributed by atoms with E-state index in [0.717, 1.165) is 42.9 Å². The zero-order chi connectivity index (χ0) is 15.0. The minimum Gasteiger partial charge on any atom is -0.381 e. The molecule has 2 N–H and O–H groups in total. The van der Waals surface area contributed by atoms with E-state index in [9.17, 15) is 9.59 Å². The summed E-state index contributed by atoms with van der Waals surface area (Å²) >= 11 is 6.28. The van der Waals surface area contributed by atoms with Crippen LogP contribution in [0.2, 0.25) is 5.02 Å². The van der Waals surface area contributed by atoms with E-state index in [1.807, 2.05) is 11.0 Å². The average molecular weight is 308 g/mol. The van der Waals surface area contributed by atoms with Crippen molar-refractivity contribution in [3.63, 3.8) is 0 Å². The number of nitrogens with zero attached hydrogens (tertiary/aromatic N) is 1. The van der Waals surface area contributed by atoms with Gasteiger partial charge in [0, 0.05) is 31.7 Å². The van der Waals surface area contributed by atoms with Crippen LogP contribution in [0.3, 0.4) is 0 Å². The van der Waals surface area contributed by atoms with Crippen molar-refractivity contribution in [1.29, 1.82) is 0 Å².